The van der Waals surface area contributed by atoms with Crippen LogP contribution in [-0.4, -0.2) is 16.3 Å². The van der Waals surface area contributed by atoms with Crippen molar-refractivity contribution in [3.8, 4) is 0 Å². The number of nitrogens with zero attached hydrogens (tertiary/aromatic N) is 2. The first-order valence-corrected chi connectivity index (χ1v) is 7.17. The fraction of sp³-hybridized carbons (Fsp3) is 0.438. The van der Waals surface area contributed by atoms with Crippen LogP contribution in [0.25, 0.3) is 0 Å². The van der Waals surface area contributed by atoms with Crippen LogP contribution in [0.15, 0.2) is 42.7 Å². The molecule has 3 N–H and O–H groups in total. The SMILES string of the molecule is CC(NC(CN)c1cnn(C(C)C)c1)c1ccccc1. The van der Waals surface area contributed by atoms with E-state index in [9.17, 15) is 0 Å². The van der Waals surface area contributed by atoms with Gasteiger partial charge in [-0.3, -0.25) is 4.68 Å². The third kappa shape index (κ3) is 3.46. The van der Waals surface area contributed by atoms with Gasteiger partial charge in [0.25, 0.3) is 0 Å². The molecule has 2 atom stereocenters. The largest absolute Gasteiger partial charge is 0.329 e. The number of rotatable bonds is 6. The van der Waals surface area contributed by atoms with E-state index < -0.39 is 0 Å². The van der Waals surface area contributed by atoms with E-state index in [0.717, 1.165) is 5.56 Å². The van der Waals surface area contributed by atoms with Gasteiger partial charge in [0.1, 0.15) is 0 Å². The number of nitrogens with two attached hydrogens (primary N) is 1. The first kappa shape index (κ1) is 14.8. The van der Waals surface area contributed by atoms with Crippen molar-refractivity contribution < 1.29 is 0 Å². The quantitative estimate of drug-likeness (QED) is 0.850. The van der Waals surface area contributed by atoms with Gasteiger partial charge < -0.3 is 11.1 Å². The molecule has 0 fully saturated rings. The molecule has 0 aliphatic rings. The summed E-state index contributed by atoms with van der Waals surface area (Å²) in [6.45, 7) is 6.95. The Hall–Kier alpha value is -1.65. The summed E-state index contributed by atoms with van der Waals surface area (Å²) < 4.78 is 1.97. The van der Waals surface area contributed by atoms with Gasteiger partial charge in [-0.05, 0) is 26.3 Å². The second-order valence-electron chi connectivity index (χ2n) is 5.43. The summed E-state index contributed by atoms with van der Waals surface area (Å²) in [4.78, 5) is 0. The molecule has 1 aromatic heterocycles. The highest BCUT2D eigenvalue weighted by Crippen LogP contribution is 2.19. The standard InChI is InChI=1S/C16H24N4/c1-12(2)20-11-15(10-18-20)16(9-17)19-13(3)14-7-5-4-6-8-14/h4-8,10-13,16,19H,9,17H2,1-3H3. The molecule has 1 heterocycles. The average molecular weight is 272 g/mol. The van der Waals surface area contributed by atoms with Gasteiger partial charge in [0.15, 0.2) is 0 Å². The fourth-order valence-electron chi connectivity index (χ4n) is 2.26. The molecule has 2 unspecified atom stereocenters. The Bertz CT molecular complexity index is 518. The van der Waals surface area contributed by atoms with Gasteiger partial charge in [-0.1, -0.05) is 30.3 Å². The minimum absolute atomic E-state index is 0.123. The predicted octanol–water partition coefficient (Wildman–Crippen LogP) is 2.81. The average Bonchev–Trinajstić information content (AvgIpc) is 2.95. The lowest BCUT2D eigenvalue weighted by molar-refractivity contribution is 0.471. The molecule has 0 bridgehead atoms. The van der Waals surface area contributed by atoms with Gasteiger partial charge in [0, 0.05) is 36.4 Å². The van der Waals surface area contributed by atoms with E-state index in [0.29, 0.717) is 12.6 Å². The lowest BCUT2D eigenvalue weighted by atomic mass is 10.1. The van der Waals surface area contributed by atoms with Crippen LogP contribution >= 0.6 is 0 Å². The highest BCUT2D eigenvalue weighted by Gasteiger charge is 2.16. The molecule has 0 aliphatic heterocycles. The Kier molecular flexibility index (Phi) is 4.93. The summed E-state index contributed by atoms with van der Waals surface area (Å²) >= 11 is 0. The van der Waals surface area contributed by atoms with Gasteiger partial charge in [-0.15, -0.1) is 0 Å². The van der Waals surface area contributed by atoms with Crippen LogP contribution in [0.1, 0.15) is 50.0 Å². The van der Waals surface area contributed by atoms with E-state index in [1.54, 1.807) is 0 Å². The number of nitrogens with one attached hydrogen (secondary N) is 1. The van der Waals surface area contributed by atoms with Crippen LogP contribution in [0.4, 0.5) is 0 Å². The molecule has 2 aromatic rings. The maximum atomic E-state index is 5.92. The smallest absolute Gasteiger partial charge is 0.0538 e. The van der Waals surface area contributed by atoms with Crippen LogP contribution in [0, 0.1) is 0 Å². The molecule has 0 saturated heterocycles. The van der Waals surface area contributed by atoms with E-state index in [-0.39, 0.29) is 12.1 Å². The topological polar surface area (TPSA) is 55.9 Å². The third-order valence-corrected chi connectivity index (χ3v) is 3.54. The second-order valence-corrected chi connectivity index (χ2v) is 5.43. The highest BCUT2D eigenvalue weighted by molar-refractivity contribution is 5.20. The molecular formula is C16H24N4. The summed E-state index contributed by atoms with van der Waals surface area (Å²) in [6.07, 6.45) is 3.98. The number of aromatic nitrogens is 2. The van der Waals surface area contributed by atoms with Crippen LogP contribution in [0.2, 0.25) is 0 Å². The highest BCUT2D eigenvalue weighted by atomic mass is 15.3. The molecule has 0 spiro atoms. The molecule has 0 aliphatic carbocycles. The molecule has 4 nitrogen and oxygen atoms in total. The predicted molar refractivity (Wildman–Crippen MR) is 82.4 cm³/mol. The first-order valence-electron chi connectivity index (χ1n) is 7.17. The van der Waals surface area contributed by atoms with Crippen molar-refractivity contribution >= 4 is 0 Å². The van der Waals surface area contributed by atoms with Crippen LogP contribution in [0.3, 0.4) is 0 Å². The number of benzene rings is 1. The van der Waals surface area contributed by atoms with Crippen LogP contribution in [-0.2, 0) is 0 Å². The lowest BCUT2D eigenvalue weighted by Gasteiger charge is -2.21. The van der Waals surface area contributed by atoms with Crippen molar-refractivity contribution in [2.45, 2.75) is 38.9 Å². The van der Waals surface area contributed by atoms with Gasteiger partial charge in [-0.2, -0.15) is 5.10 Å². The normalized spacial score (nSPS) is 14.4. The van der Waals surface area contributed by atoms with Crippen molar-refractivity contribution in [3.63, 3.8) is 0 Å². The summed E-state index contributed by atoms with van der Waals surface area (Å²) in [5, 5.41) is 7.96. The molecule has 20 heavy (non-hydrogen) atoms. The Morgan fingerprint density at radius 2 is 1.85 bits per heavy atom. The van der Waals surface area contributed by atoms with Gasteiger partial charge >= 0.3 is 0 Å². The second kappa shape index (κ2) is 6.68. The Morgan fingerprint density at radius 3 is 2.40 bits per heavy atom. The van der Waals surface area contributed by atoms with E-state index in [4.69, 9.17) is 5.73 Å². The molecule has 1 aromatic carbocycles. The Balaban J connectivity index is 2.08. The maximum Gasteiger partial charge on any atom is 0.0538 e. The van der Waals surface area contributed by atoms with E-state index in [1.165, 1.54) is 5.56 Å². The zero-order valence-corrected chi connectivity index (χ0v) is 12.5. The molecule has 0 radical (unpaired) electrons. The summed E-state index contributed by atoms with van der Waals surface area (Å²) in [6, 6.07) is 11.1. The Labute approximate surface area is 121 Å². The molecule has 0 amide bonds. The zero-order chi connectivity index (χ0) is 14.5. The maximum absolute atomic E-state index is 5.92. The zero-order valence-electron chi connectivity index (χ0n) is 12.5. The minimum Gasteiger partial charge on any atom is -0.329 e. The number of hydrogen-bond donors (Lipinski definition) is 2. The van der Waals surface area contributed by atoms with Crippen LogP contribution in [0.5, 0.6) is 0 Å². The van der Waals surface area contributed by atoms with Crippen molar-refractivity contribution in [1.82, 2.24) is 15.1 Å². The lowest BCUT2D eigenvalue weighted by Crippen LogP contribution is -2.30. The summed E-state index contributed by atoms with van der Waals surface area (Å²) in [5.74, 6) is 0. The van der Waals surface area contributed by atoms with Crippen molar-refractivity contribution in [3.05, 3.63) is 53.9 Å². The summed E-state index contributed by atoms with van der Waals surface area (Å²) in [5.41, 5.74) is 8.33. The van der Waals surface area contributed by atoms with Crippen molar-refractivity contribution in [1.29, 1.82) is 0 Å². The number of hydrogen-bond acceptors (Lipinski definition) is 3. The van der Waals surface area contributed by atoms with Crippen LogP contribution < -0.4 is 11.1 Å². The monoisotopic (exact) mass is 272 g/mol. The van der Waals surface area contributed by atoms with Gasteiger partial charge in [0.2, 0.25) is 0 Å². The fourth-order valence-corrected chi connectivity index (χ4v) is 2.26. The van der Waals surface area contributed by atoms with E-state index in [2.05, 4.69) is 61.6 Å². The Morgan fingerprint density at radius 1 is 1.15 bits per heavy atom. The van der Waals surface area contributed by atoms with Gasteiger partial charge in [0.05, 0.1) is 6.20 Å². The van der Waals surface area contributed by atoms with E-state index >= 15 is 0 Å². The molecular weight excluding hydrogens is 248 g/mol. The van der Waals surface area contributed by atoms with Crippen molar-refractivity contribution in [2.75, 3.05) is 6.54 Å². The van der Waals surface area contributed by atoms with E-state index in [1.807, 2.05) is 16.9 Å². The third-order valence-electron chi connectivity index (χ3n) is 3.54. The molecule has 2 rings (SSSR count). The van der Waals surface area contributed by atoms with Gasteiger partial charge in [-0.25, -0.2) is 0 Å². The molecule has 108 valence electrons. The summed E-state index contributed by atoms with van der Waals surface area (Å²) in [7, 11) is 0. The molecule has 0 saturated carbocycles. The van der Waals surface area contributed by atoms with Crippen molar-refractivity contribution in [2.24, 2.45) is 5.73 Å². The first-order chi connectivity index (χ1) is 9.61. The minimum atomic E-state index is 0.123. The molecule has 4 heteroatoms.